The van der Waals surface area contributed by atoms with Crippen molar-refractivity contribution < 1.29 is 17.2 Å². The molecule has 0 amide bonds. The van der Waals surface area contributed by atoms with E-state index in [1.807, 2.05) is 0 Å². The van der Waals surface area contributed by atoms with Crippen LogP contribution in [0.25, 0.3) is 0 Å². The van der Waals surface area contributed by atoms with E-state index in [2.05, 4.69) is 12.2 Å². The first kappa shape index (κ1) is 13.7. The minimum absolute atomic E-state index is 0.0186. The highest BCUT2D eigenvalue weighted by Crippen LogP contribution is 2.02. The van der Waals surface area contributed by atoms with Gasteiger partial charge in [-0.2, -0.15) is 8.78 Å². The van der Waals surface area contributed by atoms with Gasteiger partial charge in [0.15, 0.2) is 0 Å². The van der Waals surface area contributed by atoms with Crippen LogP contribution in [-0.4, -0.2) is 25.7 Å². The lowest BCUT2D eigenvalue weighted by atomic mass is 10.2. The fraction of sp³-hybridized carbons (Fsp3) is 0.833. The van der Waals surface area contributed by atoms with E-state index in [0.717, 1.165) is 0 Å². The number of nitrogens with two attached hydrogens (primary N) is 1. The minimum Gasteiger partial charge on any atom is -0.393 e. The predicted molar refractivity (Wildman–Crippen MR) is 53.6 cm³/mol. The van der Waals surface area contributed by atoms with Crippen molar-refractivity contribution in [1.82, 2.24) is 4.72 Å². The molecule has 0 aliphatic rings. The van der Waals surface area contributed by atoms with E-state index in [0.29, 0.717) is 24.3 Å². The lowest BCUT2D eigenvalue weighted by molar-refractivity contribution is 0.232. The van der Waals surface area contributed by atoms with Crippen molar-refractivity contribution in [2.24, 2.45) is 5.73 Å². The number of nitrogens with one attached hydrogen (secondary N) is 1. The Morgan fingerprint density at radius 1 is 1.43 bits per heavy atom. The highest BCUT2D eigenvalue weighted by molar-refractivity contribution is 7.89. The van der Waals surface area contributed by atoms with Crippen LogP contribution in [0.5, 0.6) is 0 Å². The first-order valence-corrected chi connectivity index (χ1v) is 5.86. The monoisotopic (exact) mass is 246 g/mol. The Hall–Kier alpha value is -0.340. The molecular weight excluding hydrogens is 234 g/mol. The van der Waals surface area contributed by atoms with Crippen molar-refractivity contribution in [2.75, 3.05) is 6.54 Å². The van der Waals surface area contributed by atoms with Crippen molar-refractivity contribution in [3.63, 3.8) is 0 Å². The average Bonchev–Trinajstić information content (AvgIpc) is 2.02. The van der Waals surface area contributed by atoms with Crippen LogP contribution in [0.3, 0.4) is 0 Å². The number of sulfonamides is 1. The van der Waals surface area contributed by atoms with Crippen LogP contribution in [0.15, 0.2) is 0 Å². The summed E-state index contributed by atoms with van der Waals surface area (Å²) in [6, 6.07) is 0. The Kier molecular flexibility index (Phi) is 6.05. The average molecular weight is 246 g/mol. The molecule has 0 fully saturated rings. The third kappa shape index (κ3) is 6.17. The second-order valence-electron chi connectivity index (χ2n) is 2.62. The summed E-state index contributed by atoms with van der Waals surface area (Å²) in [5.41, 5.74) is 5.18. The largest absolute Gasteiger partial charge is 0.393 e. The Morgan fingerprint density at radius 2 is 2.00 bits per heavy atom. The molecule has 0 saturated carbocycles. The normalized spacial score (nSPS) is 11.9. The van der Waals surface area contributed by atoms with Gasteiger partial charge in [0.05, 0.1) is 4.99 Å². The molecule has 0 radical (unpaired) electrons. The molecular formula is C6H12F2N2O2S2. The second kappa shape index (κ2) is 6.20. The standard InChI is InChI=1S/C6H12F2N2O2S2/c7-6(8)14(11,12)10-4-2-1-3-5(9)13/h6,10H,1-4H2,(H2,9,13). The second-order valence-corrected chi connectivity index (χ2v) is 4.88. The molecule has 0 heterocycles. The third-order valence-corrected chi connectivity index (χ3v) is 2.67. The van der Waals surface area contributed by atoms with Gasteiger partial charge in [0, 0.05) is 6.54 Å². The molecule has 8 heteroatoms. The van der Waals surface area contributed by atoms with Crippen molar-refractivity contribution in [3.05, 3.63) is 0 Å². The van der Waals surface area contributed by atoms with Crippen LogP contribution in [0, 0.1) is 0 Å². The van der Waals surface area contributed by atoms with Crippen LogP contribution in [0.1, 0.15) is 19.3 Å². The van der Waals surface area contributed by atoms with Crippen molar-refractivity contribution in [1.29, 1.82) is 0 Å². The minimum atomic E-state index is -4.45. The van der Waals surface area contributed by atoms with E-state index in [9.17, 15) is 17.2 Å². The first-order chi connectivity index (χ1) is 6.36. The lowest BCUT2D eigenvalue weighted by Gasteiger charge is -2.04. The Balaban J connectivity index is 3.60. The predicted octanol–water partition coefficient (Wildman–Crippen LogP) is 0.585. The van der Waals surface area contributed by atoms with Crippen molar-refractivity contribution >= 4 is 27.2 Å². The molecule has 0 aliphatic heterocycles. The van der Waals surface area contributed by atoms with Gasteiger partial charge in [-0.1, -0.05) is 12.2 Å². The van der Waals surface area contributed by atoms with Gasteiger partial charge < -0.3 is 5.73 Å². The zero-order valence-corrected chi connectivity index (χ0v) is 9.01. The summed E-state index contributed by atoms with van der Waals surface area (Å²) < 4.78 is 46.3. The SMILES string of the molecule is NC(=S)CCCCNS(=O)(=O)C(F)F. The molecule has 0 aromatic carbocycles. The molecule has 14 heavy (non-hydrogen) atoms. The third-order valence-electron chi connectivity index (χ3n) is 1.39. The van der Waals surface area contributed by atoms with Crippen LogP contribution in [-0.2, 0) is 10.0 Å². The molecule has 0 atom stereocenters. The fourth-order valence-corrected chi connectivity index (χ4v) is 1.40. The van der Waals surface area contributed by atoms with Crippen molar-refractivity contribution in [3.8, 4) is 0 Å². The quantitative estimate of drug-likeness (QED) is 0.509. The molecule has 0 aromatic heterocycles. The summed E-state index contributed by atoms with van der Waals surface area (Å²) in [6.45, 7) is -0.0186. The summed E-state index contributed by atoms with van der Waals surface area (Å²) in [7, 11) is -4.45. The summed E-state index contributed by atoms with van der Waals surface area (Å²) in [6.07, 6.45) is 1.51. The van der Waals surface area contributed by atoms with Crippen LogP contribution in [0.2, 0.25) is 0 Å². The molecule has 3 N–H and O–H groups in total. The van der Waals surface area contributed by atoms with E-state index in [1.165, 1.54) is 0 Å². The molecule has 0 bridgehead atoms. The Labute approximate surface area is 86.9 Å². The van der Waals surface area contributed by atoms with Crippen LogP contribution >= 0.6 is 12.2 Å². The first-order valence-electron chi connectivity index (χ1n) is 3.91. The molecule has 0 spiro atoms. The van der Waals surface area contributed by atoms with Gasteiger partial charge in [-0.15, -0.1) is 0 Å². The lowest BCUT2D eigenvalue weighted by Crippen LogP contribution is -2.30. The van der Waals surface area contributed by atoms with Crippen LogP contribution in [0.4, 0.5) is 8.78 Å². The highest BCUT2D eigenvalue weighted by atomic mass is 32.2. The summed E-state index contributed by atoms with van der Waals surface area (Å²) in [4.78, 5) is 0.335. The molecule has 0 rings (SSSR count). The van der Waals surface area contributed by atoms with Gasteiger partial charge in [-0.25, -0.2) is 13.1 Å². The maximum Gasteiger partial charge on any atom is 0.350 e. The maximum atomic E-state index is 11.8. The van der Waals surface area contributed by atoms with E-state index in [4.69, 9.17) is 5.73 Å². The molecule has 4 nitrogen and oxygen atoms in total. The van der Waals surface area contributed by atoms with E-state index in [1.54, 1.807) is 4.72 Å². The number of thiocarbonyl (C=S) groups is 1. The Bertz CT molecular complexity index is 280. The molecule has 0 unspecified atom stereocenters. The zero-order chi connectivity index (χ0) is 11.2. The molecule has 0 aromatic rings. The van der Waals surface area contributed by atoms with Gasteiger partial charge >= 0.3 is 5.76 Å². The fourth-order valence-electron chi connectivity index (χ4n) is 0.702. The van der Waals surface area contributed by atoms with Gasteiger partial charge in [0.25, 0.3) is 10.0 Å². The number of rotatable bonds is 7. The topological polar surface area (TPSA) is 72.2 Å². The zero-order valence-electron chi connectivity index (χ0n) is 7.37. The van der Waals surface area contributed by atoms with Gasteiger partial charge in [-0.3, -0.25) is 0 Å². The van der Waals surface area contributed by atoms with Crippen LogP contribution < -0.4 is 10.5 Å². The summed E-state index contributed by atoms with van der Waals surface area (Å²) >= 11 is 4.58. The maximum absolute atomic E-state index is 11.8. The summed E-state index contributed by atoms with van der Waals surface area (Å²) in [5.74, 6) is -3.38. The van der Waals surface area contributed by atoms with Crippen molar-refractivity contribution in [2.45, 2.75) is 25.0 Å². The van der Waals surface area contributed by atoms with E-state index >= 15 is 0 Å². The van der Waals surface area contributed by atoms with E-state index < -0.39 is 15.8 Å². The number of hydrogen-bond acceptors (Lipinski definition) is 3. The highest BCUT2D eigenvalue weighted by Gasteiger charge is 2.22. The smallest absolute Gasteiger partial charge is 0.350 e. The molecule has 0 saturated heterocycles. The van der Waals surface area contributed by atoms with Gasteiger partial charge in [0.2, 0.25) is 0 Å². The van der Waals surface area contributed by atoms with E-state index in [-0.39, 0.29) is 6.54 Å². The number of halogens is 2. The summed E-state index contributed by atoms with van der Waals surface area (Å²) in [5, 5.41) is 0. The number of alkyl halides is 2. The van der Waals surface area contributed by atoms with Gasteiger partial charge in [-0.05, 0) is 19.3 Å². The molecule has 84 valence electrons. The number of unbranched alkanes of at least 4 members (excludes halogenated alkanes) is 1. The Morgan fingerprint density at radius 3 is 2.43 bits per heavy atom. The molecule has 0 aliphatic carbocycles. The number of hydrogen-bond donors (Lipinski definition) is 2. The van der Waals surface area contributed by atoms with Gasteiger partial charge in [0.1, 0.15) is 0 Å².